The fourth-order valence-electron chi connectivity index (χ4n) is 4.10. The van der Waals surface area contributed by atoms with Crippen molar-refractivity contribution in [2.45, 2.75) is 42.8 Å². The van der Waals surface area contributed by atoms with Crippen LogP contribution < -0.4 is 16.0 Å². The number of nitrogens with zero attached hydrogens (tertiary/aromatic N) is 3. The minimum Gasteiger partial charge on any atom is -0.365 e. The first kappa shape index (κ1) is 22.1. The predicted molar refractivity (Wildman–Crippen MR) is 123 cm³/mol. The van der Waals surface area contributed by atoms with Crippen molar-refractivity contribution in [1.82, 2.24) is 10.1 Å². The molecule has 174 valence electrons. The summed E-state index contributed by atoms with van der Waals surface area (Å²) < 4.78 is 46.3. The Hall–Kier alpha value is -2.69. The van der Waals surface area contributed by atoms with E-state index in [4.69, 9.17) is 21.9 Å². The first-order valence-corrected chi connectivity index (χ1v) is 12.7. The molecular weight excluding hydrogens is 469 g/mol. The van der Waals surface area contributed by atoms with E-state index in [0.717, 1.165) is 30.9 Å². The van der Waals surface area contributed by atoms with Crippen molar-refractivity contribution in [3.05, 3.63) is 52.8 Å². The van der Waals surface area contributed by atoms with Gasteiger partial charge in [-0.15, -0.1) is 0 Å². The molecule has 0 amide bonds. The molecule has 1 aliphatic carbocycles. The monoisotopic (exact) mass is 491 g/mol. The van der Waals surface area contributed by atoms with E-state index in [2.05, 4.69) is 15.5 Å². The van der Waals surface area contributed by atoms with Crippen molar-refractivity contribution in [2.24, 2.45) is 5.73 Å². The Kier molecular flexibility index (Phi) is 5.75. The largest absolute Gasteiger partial charge is 0.365 e. The van der Waals surface area contributed by atoms with Crippen molar-refractivity contribution in [3.63, 3.8) is 0 Å². The lowest BCUT2D eigenvalue weighted by Gasteiger charge is -2.26. The van der Waals surface area contributed by atoms with Gasteiger partial charge >= 0.3 is 6.01 Å². The first-order valence-electron chi connectivity index (χ1n) is 10.7. The lowest BCUT2D eigenvalue weighted by atomic mass is 9.93. The standard InChI is InChI=1S/C22H23ClFN5O3S/c23-14-6-4-13(5-7-14)10-29-11-15(25)12-33(30,31)20-9-18(24)17(8-19(20)29)21-27-22(32-28-21)26-16-2-1-3-16/h4-9,15-16H,1-3,10-12,25H2,(H,26,27,28)/t15-/m1/s1. The van der Waals surface area contributed by atoms with Gasteiger partial charge in [-0.1, -0.05) is 28.9 Å². The Morgan fingerprint density at radius 1 is 1.24 bits per heavy atom. The van der Waals surface area contributed by atoms with Gasteiger partial charge < -0.3 is 20.5 Å². The lowest BCUT2D eigenvalue weighted by Crippen LogP contribution is -2.39. The van der Waals surface area contributed by atoms with E-state index in [-0.39, 0.29) is 40.6 Å². The van der Waals surface area contributed by atoms with Crippen LogP contribution in [0, 0.1) is 5.82 Å². The number of nitrogens with two attached hydrogens (primary N) is 1. The predicted octanol–water partition coefficient (Wildman–Crippen LogP) is 3.61. The summed E-state index contributed by atoms with van der Waals surface area (Å²) in [5.41, 5.74) is 7.46. The maximum atomic E-state index is 15.1. The lowest BCUT2D eigenvalue weighted by molar-refractivity contribution is 0.395. The Morgan fingerprint density at radius 3 is 2.70 bits per heavy atom. The normalized spacial score (nSPS) is 20.1. The summed E-state index contributed by atoms with van der Waals surface area (Å²) in [6, 6.07) is 9.59. The summed E-state index contributed by atoms with van der Waals surface area (Å²) >= 11 is 5.99. The number of aromatic nitrogens is 2. The summed E-state index contributed by atoms with van der Waals surface area (Å²) in [5.74, 6) is -0.960. The van der Waals surface area contributed by atoms with Gasteiger partial charge in [-0.2, -0.15) is 4.98 Å². The average Bonchev–Trinajstić information content (AvgIpc) is 3.16. The van der Waals surface area contributed by atoms with Crippen LogP contribution in [0.5, 0.6) is 0 Å². The average molecular weight is 492 g/mol. The van der Waals surface area contributed by atoms with E-state index in [1.807, 2.05) is 17.0 Å². The van der Waals surface area contributed by atoms with Gasteiger partial charge in [0.15, 0.2) is 9.84 Å². The molecule has 11 heteroatoms. The van der Waals surface area contributed by atoms with Crippen molar-refractivity contribution in [1.29, 1.82) is 0 Å². The van der Waals surface area contributed by atoms with Crippen molar-refractivity contribution in [2.75, 3.05) is 22.5 Å². The fourth-order valence-corrected chi connectivity index (χ4v) is 5.86. The summed E-state index contributed by atoms with van der Waals surface area (Å²) in [5, 5.41) is 7.63. The van der Waals surface area contributed by atoms with E-state index in [0.29, 0.717) is 17.3 Å². The van der Waals surface area contributed by atoms with E-state index >= 15 is 4.39 Å². The van der Waals surface area contributed by atoms with Gasteiger partial charge in [0, 0.05) is 30.2 Å². The van der Waals surface area contributed by atoms with Gasteiger partial charge in [0.25, 0.3) is 0 Å². The molecule has 0 radical (unpaired) electrons. The molecule has 2 aromatic carbocycles. The number of benzene rings is 2. The number of nitrogens with one attached hydrogen (secondary N) is 1. The zero-order chi connectivity index (χ0) is 23.2. The SMILES string of the molecule is N[C@@H]1CN(Cc2ccc(Cl)cc2)c2cc(-c3noc(NC4CCC4)n3)c(F)cc2S(=O)(=O)C1. The molecule has 0 unspecified atom stereocenters. The second-order valence-electron chi connectivity index (χ2n) is 8.54. The molecule has 33 heavy (non-hydrogen) atoms. The van der Waals surface area contributed by atoms with Crippen LogP contribution in [-0.4, -0.2) is 42.9 Å². The number of halogens is 2. The van der Waals surface area contributed by atoms with E-state index in [1.54, 1.807) is 12.1 Å². The van der Waals surface area contributed by atoms with Crippen LogP contribution in [0.2, 0.25) is 5.02 Å². The van der Waals surface area contributed by atoms with Crippen molar-refractivity contribution in [3.8, 4) is 11.4 Å². The van der Waals surface area contributed by atoms with Crippen molar-refractivity contribution >= 4 is 33.1 Å². The molecule has 1 atom stereocenters. The van der Waals surface area contributed by atoms with Crippen LogP contribution in [0.1, 0.15) is 24.8 Å². The summed E-state index contributed by atoms with van der Waals surface area (Å²) in [6.07, 6.45) is 3.17. The van der Waals surface area contributed by atoms with Crippen molar-refractivity contribution < 1.29 is 17.3 Å². The number of rotatable bonds is 5. The molecule has 3 N–H and O–H groups in total. The molecule has 2 heterocycles. The highest BCUT2D eigenvalue weighted by molar-refractivity contribution is 7.91. The zero-order valence-electron chi connectivity index (χ0n) is 17.7. The summed E-state index contributed by atoms with van der Waals surface area (Å²) in [6.45, 7) is 0.653. The molecule has 3 aromatic rings. The summed E-state index contributed by atoms with van der Waals surface area (Å²) in [7, 11) is -3.79. The Balaban J connectivity index is 1.55. The fraction of sp³-hybridized carbons (Fsp3) is 0.364. The zero-order valence-corrected chi connectivity index (χ0v) is 19.2. The highest BCUT2D eigenvalue weighted by Gasteiger charge is 2.32. The number of sulfone groups is 1. The van der Waals surface area contributed by atoms with Gasteiger partial charge in [-0.25, -0.2) is 12.8 Å². The second-order valence-corrected chi connectivity index (χ2v) is 11.0. The van der Waals surface area contributed by atoms with E-state index in [9.17, 15) is 8.42 Å². The van der Waals surface area contributed by atoms with Crippen LogP contribution >= 0.6 is 11.6 Å². The van der Waals surface area contributed by atoms with Gasteiger partial charge in [-0.3, -0.25) is 0 Å². The Bertz CT molecular complexity index is 1280. The van der Waals surface area contributed by atoms with Crippen LogP contribution in [0.3, 0.4) is 0 Å². The molecular formula is C22H23ClFN5O3S. The highest BCUT2D eigenvalue weighted by Crippen LogP contribution is 2.36. The minimum absolute atomic E-state index is 0.0505. The minimum atomic E-state index is -3.79. The smallest absolute Gasteiger partial charge is 0.322 e. The van der Waals surface area contributed by atoms with E-state index < -0.39 is 21.7 Å². The van der Waals surface area contributed by atoms with Crippen LogP contribution in [0.15, 0.2) is 45.8 Å². The molecule has 1 aromatic heterocycles. The van der Waals surface area contributed by atoms with E-state index in [1.165, 1.54) is 6.07 Å². The number of anilines is 2. The number of hydrogen-bond donors (Lipinski definition) is 2. The van der Waals surface area contributed by atoms with Gasteiger partial charge in [0.05, 0.1) is 21.9 Å². The Morgan fingerprint density at radius 2 is 2.00 bits per heavy atom. The molecule has 5 rings (SSSR count). The molecule has 0 bridgehead atoms. The number of fused-ring (bicyclic) bond motifs is 1. The first-order chi connectivity index (χ1) is 15.8. The molecule has 0 saturated heterocycles. The third-order valence-corrected chi connectivity index (χ3v) is 8.12. The van der Waals surface area contributed by atoms with Gasteiger partial charge in [0.1, 0.15) is 5.82 Å². The molecule has 2 aliphatic rings. The third-order valence-electron chi connectivity index (χ3n) is 6.00. The van der Waals surface area contributed by atoms with Crippen LogP contribution in [0.4, 0.5) is 16.1 Å². The Labute approximate surface area is 195 Å². The van der Waals surface area contributed by atoms with Gasteiger partial charge in [0.2, 0.25) is 5.82 Å². The van der Waals surface area contributed by atoms with Crippen LogP contribution in [0.25, 0.3) is 11.4 Å². The molecule has 0 spiro atoms. The number of hydrogen-bond acceptors (Lipinski definition) is 8. The maximum Gasteiger partial charge on any atom is 0.322 e. The maximum absolute atomic E-state index is 15.1. The molecule has 1 aliphatic heterocycles. The molecule has 8 nitrogen and oxygen atoms in total. The topological polar surface area (TPSA) is 114 Å². The summed E-state index contributed by atoms with van der Waals surface area (Å²) in [4.78, 5) is 6.01. The second kappa shape index (κ2) is 8.58. The van der Waals surface area contributed by atoms with Gasteiger partial charge in [-0.05, 0) is 49.1 Å². The van der Waals surface area contributed by atoms with Crippen LogP contribution in [-0.2, 0) is 16.4 Å². The molecule has 1 saturated carbocycles. The molecule has 1 fully saturated rings. The quantitative estimate of drug-likeness (QED) is 0.556. The third kappa shape index (κ3) is 4.55. The highest BCUT2D eigenvalue weighted by atomic mass is 35.5.